The molecule has 0 fully saturated rings. The van der Waals surface area contributed by atoms with Crippen LogP contribution in [0.25, 0.3) is 0 Å². The van der Waals surface area contributed by atoms with Crippen molar-refractivity contribution >= 4 is 0 Å². The van der Waals surface area contributed by atoms with E-state index in [9.17, 15) is 26.3 Å². The number of para-hydroxylation sites is 1. The monoisotopic (exact) mass is 262 g/mol. The average molecular weight is 262 g/mol. The third-order valence-electron chi connectivity index (χ3n) is 1.40. The van der Waals surface area contributed by atoms with Gasteiger partial charge in [0.1, 0.15) is 0 Å². The van der Waals surface area contributed by atoms with E-state index in [1.165, 1.54) is 0 Å². The van der Waals surface area contributed by atoms with Gasteiger partial charge in [-0.05, 0) is 12.1 Å². The minimum atomic E-state index is -5.25. The summed E-state index contributed by atoms with van der Waals surface area (Å²) < 4.78 is 77.6. The largest absolute Gasteiger partial charge is 0.573 e. The van der Waals surface area contributed by atoms with Crippen LogP contribution in [0.4, 0.5) is 26.3 Å². The lowest BCUT2D eigenvalue weighted by Crippen LogP contribution is -2.21. The highest BCUT2D eigenvalue weighted by Gasteiger charge is 2.37. The molecular formula is C8H4F6O3. The van der Waals surface area contributed by atoms with Gasteiger partial charge in [0, 0.05) is 0 Å². The molecule has 0 saturated carbocycles. The first-order chi connectivity index (χ1) is 7.58. The third kappa shape index (κ3) is 4.29. The Hall–Kier alpha value is -1.80. The molecular weight excluding hydrogens is 258 g/mol. The number of aromatic hydroxyl groups is 1. The first kappa shape index (κ1) is 13.3. The van der Waals surface area contributed by atoms with Gasteiger partial charge < -0.3 is 14.6 Å². The van der Waals surface area contributed by atoms with Crippen LogP contribution in [0.1, 0.15) is 0 Å². The van der Waals surface area contributed by atoms with E-state index >= 15 is 0 Å². The maximum atomic E-state index is 11.9. The minimum Gasteiger partial charge on any atom is -0.504 e. The van der Waals surface area contributed by atoms with Gasteiger partial charge in [-0.15, -0.1) is 26.3 Å². The lowest BCUT2D eigenvalue weighted by molar-refractivity contribution is -0.287. The fourth-order valence-electron chi connectivity index (χ4n) is 0.928. The van der Waals surface area contributed by atoms with Gasteiger partial charge in [-0.25, -0.2) is 0 Å². The Labute approximate surface area is 90.2 Å². The Morgan fingerprint density at radius 3 is 1.88 bits per heavy atom. The minimum absolute atomic E-state index is 0.578. The second kappa shape index (κ2) is 4.22. The molecule has 3 nitrogen and oxygen atoms in total. The molecule has 9 heteroatoms. The van der Waals surface area contributed by atoms with E-state index in [4.69, 9.17) is 5.11 Å². The van der Waals surface area contributed by atoms with Crippen molar-refractivity contribution < 1.29 is 40.9 Å². The van der Waals surface area contributed by atoms with Crippen LogP contribution in [0.2, 0.25) is 0 Å². The summed E-state index contributed by atoms with van der Waals surface area (Å²) in [5, 5.41) is 8.98. The summed E-state index contributed by atoms with van der Waals surface area (Å²) in [6.45, 7) is 0. The van der Waals surface area contributed by atoms with Crippen molar-refractivity contribution in [3.63, 3.8) is 0 Å². The molecule has 1 aromatic carbocycles. The van der Waals surface area contributed by atoms with E-state index in [1.807, 2.05) is 0 Å². The zero-order chi connectivity index (χ0) is 13.3. The number of phenols is 1. The normalized spacial score (nSPS) is 12.4. The Balaban J connectivity index is 3.09. The standard InChI is InChI=1S/C8H4F6O3/c9-7(10,11)16-5-3-1-2-4(15)6(5)17-8(12,13)14/h1-3,15H. The van der Waals surface area contributed by atoms with Crippen molar-refractivity contribution in [3.05, 3.63) is 18.2 Å². The SMILES string of the molecule is Oc1cccc(OC(F)(F)F)c1OC(F)(F)F. The van der Waals surface area contributed by atoms with E-state index in [0.717, 1.165) is 12.1 Å². The van der Waals surface area contributed by atoms with Crippen molar-refractivity contribution in [2.24, 2.45) is 0 Å². The first-order valence-electron chi connectivity index (χ1n) is 3.92. The molecule has 96 valence electrons. The summed E-state index contributed by atoms with van der Waals surface area (Å²) >= 11 is 0. The summed E-state index contributed by atoms with van der Waals surface area (Å²) in [7, 11) is 0. The van der Waals surface area contributed by atoms with Crippen molar-refractivity contribution in [2.75, 3.05) is 0 Å². The molecule has 0 saturated heterocycles. The smallest absolute Gasteiger partial charge is 0.504 e. The maximum Gasteiger partial charge on any atom is 0.573 e. The van der Waals surface area contributed by atoms with Crippen molar-refractivity contribution in [1.29, 1.82) is 0 Å². The zero-order valence-corrected chi connectivity index (χ0v) is 7.76. The fraction of sp³-hybridized carbons (Fsp3) is 0.250. The van der Waals surface area contributed by atoms with Gasteiger partial charge in [-0.1, -0.05) is 6.07 Å². The summed E-state index contributed by atoms with van der Waals surface area (Å²) in [6, 6.07) is 2.18. The quantitative estimate of drug-likeness (QED) is 0.832. The van der Waals surface area contributed by atoms with Gasteiger partial charge in [-0.3, -0.25) is 0 Å². The zero-order valence-electron chi connectivity index (χ0n) is 7.76. The molecule has 0 spiro atoms. The number of hydrogen-bond donors (Lipinski definition) is 1. The summed E-state index contributed by atoms with van der Waals surface area (Å²) in [5.41, 5.74) is 0. The second-order valence-electron chi connectivity index (χ2n) is 2.70. The summed E-state index contributed by atoms with van der Waals surface area (Å²) in [5.74, 6) is -3.85. The molecule has 1 rings (SSSR count). The molecule has 0 aromatic heterocycles. The van der Waals surface area contributed by atoms with Gasteiger partial charge in [0.15, 0.2) is 11.5 Å². The number of phenolic OH excluding ortho intramolecular Hbond substituents is 1. The highest BCUT2D eigenvalue weighted by Crippen LogP contribution is 2.41. The lowest BCUT2D eigenvalue weighted by atomic mass is 10.3. The molecule has 0 bridgehead atoms. The molecule has 0 atom stereocenters. The van der Waals surface area contributed by atoms with Crippen LogP contribution in [-0.2, 0) is 0 Å². The molecule has 17 heavy (non-hydrogen) atoms. The highest BCUT2D eigenvalue weighted by atomic mass is 19.4. The number of hydrogen-bond acceptors (Lipinski definition) is 3. The maximum absolute atomic E-state index is 11.9. The predicted molar refractivity (Wildman–Crippen MR) is 41.5 cm³/mol. The molecule has 0 aliphatic carbocycles. The fourth-order valence-corrected chi connectivity index (χ4v) is 0.928. The molecule has 1 aromatic rings. The number of benzene rings is 1. The van der Waals surface area contributed by atoms with E-state index in [0.29, 0.717) is 6.07 Å². The first-order valence-corrected chi connectivity index (χ1v) is 3.92. The topological polar surface area (TPSA) is 38.7 Å². The number of ether oxygens (including phenoxy) is 2. The number of halogens is 6. The van der Waals surface area contributed by atoms with Crippen LogP contribution in [0, 0.1) is 0 Å². The average Bonchev–Trinajstić information content (AvgIpc) is 2.07. The van der Waals surface area contributed by atoms with Crippen molar-refractivity contribution in [1.82, 2.24) is 0 Å². The Morgan fingerprint density at radius 1 is 0.882 bits per heavy atom. The van der Waals surface area contributed by atoms with Gasteiger partial charge in [0.05, 0.1) is 0 Å². The molecule has 0 amide bonds. The van der Waals surface area contributed by atoms with E-state index in [2.05, 4.69) is 9.47 Å². The van der Waals surface area contributed by atoms with Crippen molar-refractivity contribution in [2.45, 2.75) is 12.7 Å². The van der Waals surface area contributed by atoms with Gasteiger partial charge >= 0.3 is 12.7 Å². The van der Waals surface area contributed by atoms with Crippen molar-refractivity contribution in [3.8, 4) is 17.2 Å². The Kier molecular flexibility index (Phi) is 3.30. The Morgan fingerprint density at radius 2 is 1.41 bits per heavy atom. The number of rotatable bonds is 2. The second-order valence-corrected chi connectivity index (χ2v) is 2.70. The van der Waals surface area contributed by atoms with Crippen LogP contribution >= 0.6 is 0 Å². The Bertz CT molecular complexity index is 397. The molecule has 0 heterocycles. The van der Waals surface area contributed by atoms with Gasteiger partial charge in [-0.2, -0.15) is 0 Å². The predicted octanol–water partition coefficient (Wildman–Crippen LogP) is 3.19. The molecule has 0 radical (unpaired) electrons. The van der Waals surface area contributed by atoms with Crippen LogP contribution in [0.5, 0.6) is 17.2 Å². The van der Waals surface area contributed by atoms with Crippen LogP contribution in [0.15, 0.2) is 18.2 Å². The summed E-state index contributed by atoms with van der Waals surface area (Å²) in [6.07, 6.45) is -10.4. The molecule has 0 aliphatic rings. The summed E-state index contributed by atoms with van der Waals surface area (Å²) in [4.78, 5) is 0. The van der Waals surface area contributed by atoms with Crippen LogP contribution in [-0.4, -0.2) is 17.8 Å². The number of alkyl halides is 6. The molecule has 0 unspecified atom stereocenters. The molecule has 0 aliphatic heterocycles. The third-order valence-corrected chi connectivity index (χ3v) is 1.40. The van der Waals surface area contributed by atoms with E-state index < -0.39 is 30.0 Å². The van der Waals surface area contributed by atoms with Crippen LogP contribution in [0.3, 0.4) is 0 Å². The van der Waals surface area contributed by atoms with Gasteiger partial charge in [0.25, 0.3) is 0 Å². The van der Waals surface area contributed by atoms with Gasteiger partial charge in [0.2, 0.25) is 5.75 Å². The van der Waals surface area contributed by atoms with E-state index in [-0.39, 0.29) is 0 Å². The lowest BCUT2D eigenvalue weighted by Gasteiger charge is -2.15. The van der Waals surface area contributed by atoms with E-state index in [1.54, 1.807) is 0 Å². The highest BCUT2D eigenvalue weighted by molar-refractivity contribution is 5.50. The molecule has 1 N–H and O–H groups in total. The van der Waals surface area contributed by atoms with Crippen LogP contribution < -0.4 is 9.47 Å².